The van der Waals surface area contributed by atoms with Crippen molar-refractivity contribution in [2.75, 3.05) is 5.75 Å². The summed E-state index contributed by atoms with van der Waals surface area (Å²) in [5, 5.41) is 0. The van der Waals surface area contributed by atoms with Gasteiger partial charge < -0.3 is 0 Å². The third-order valence-electron chi connectivity index (χ3n) is 0.801. The van der Waals surface area contributed by atoms with E-state index in [1.54, 1.807) is 0 Å². The van der Waals surface area contributed by atoms with Gasteiger partial charge in [0.15, 0.2) is 0 Å². The van der Waals surface area contributed by atoms with E-state index in [9.17, 15) is 0 Å². The van der Waals surface area contributed by atoms with Gasteiger partial charge in [-0.05, 0) is 0 Å². The molecule has 0 rings (SSSR count). The van der Waals surface area contributed by atoms with E-state index >= 15 is 0 Å². The molecule has 0 spiro atoms. The van der Waals surface area contributed by atoms with Crippen LogP contribution in [0.15, 0.2) is 7.73 Å². The van der Waals surface area contributed by atoms with Gasteiger partial charge in [-0.1, -0.05) is 0 Å². The Balaban J connectivity index is 4.00. The molecule has 0 unspecified atom stereocenters. The van der Waals surface area contributed by atoms with Gasteiger partial charge in [0.25, 0.3) is 0 Å². The van der Waals surface area contributed by atoms with Crippen LogP contribution in [0.2, 0.25) is 11.6 Å². The van der Waals surface area contributed by atoms with Crippen LogP contribution in [-0.2, 0) is 0 Å². The van der Waals surface area contributed by atoms with Crippen LogP contribution in [-0.4, -0.2) is 35.7 Å². The molecular weight excluding hydrogens is 298 g/mol. The Morgan fingerprint density at radius 3 is 2.30 bits per heavy atom. The van der Waals surface area contributed by atoms with E-state index in [1.165, 1.54) is 3.80 Å². The summed E-state index contributed by atoms with van der Waals surface area (Å²) in [7, 11) is 0. The molecule has 0 atom stereocenters. The first kappa shape index (κ1) is 11.4. The Labute approximate surface area is 84.9 Å². The van der Waals surface area contributed by atoms with Gasteiger partial charge in [0.05, 0.1) is 0 Å². The molecule has 0 aliphatic heterocycles. The molecule has 0 aromatic carbocycles. The molecule has 4 heteroatoms. The number of thioether (sulfide) groups is 1. The minimum absolute atomic E-state index is 0.497. The predicted molar refractivity (Wildman–Crippen MR) is 54.2 cm³/mol. The summed E-state index contributed by atoms with van der Waals surface area (Å²) in [6, 6.07) is 0. The van der Waals surface area contributed by atoms with Crippen LogP contribution in [0.3, 0.4) is 0 Å². The monoisotopic (exact) mass is 310 g/mol. The molecule has 0 nitrogen and oxygen atoms in total. The molecule has 60 valence electrons. The van der Waals surface area contributed by atoms with Crippen LogP contribution in [0, 0.1) is 0 Å². The Morgan fingerprint density at radius 2 is 2.00 bits per heavy atom. The van der Waals surface area contributed by atoms with Crippen LogP contribution >= 0.6 is 23.4 Å². The van der Waals surface area contributed by atoms with Crippen LogP contribution < -0.4 is 0 Å². The van der Waals surface area contributed by atoms with Gasteiger partial charge >= 0.3 is 85.3 Å². The average molecular weight is 309 g/mol. The topological polar surface area (TPSA) is 0 Å². The van der Waals surface area contributed by atoms with E-state index in [4.69, 9.17) is 11.6 Å². The van der Waals surface area contributed by atoms with Gasteiger partial charge in [-0.2, -0.15) is 0 Å². The molecule has 0 radical (unpaired) electrons. The molecule has 10 heavy (non-hydrogen) atoms. The summed E-state index contributed by atoms with van der Waals surface area (Å²) < 4.78 is 2.57. The van der Waals surface area contributed by atoms with E-state index in [0.717, 1.165) is 9.68 Å². The van der Waals surface area contributed by atoms with Crippen molar-refractivity contribution in [2.45, 2.75) is 18.6 Å². The van der Waals surface area contributed by atoms with Crippen molar-refractivity contribution in [1.29, 1.82) is 0 Å². The van der Waals surface area contributed by atoms with E-state index in [-0.39, 0.29) is 0 Å². The van der Waals surface area contributed by atoms with Crippen molar-refractivity contribution in [3.05, 3.63) is 7.73 Å². The summed E-state index contributed by atoms with van der Waals surface area (Å²) in [4.78, 5) is 0. The van der Waals surface area contributed by atoms with Gasteiger partial charge in [-0.25, -0.2) is 0 Å². The van der Waals surface area contributed by atoms with Crippen molar-refractivity contribution in [3.8, 4) is 0 Å². The molecule has 0 aromatic heterocycles. The zero-order chi connectivity index (χ0) is 7.98. The molecule has 0 saturated carbocycles. The van der Waals surface area contributed by atoms with Gasteiger partial charge in [-0.3, -0.25) is 0 Å². The third-order valence-corrected chi connectivity index (χ3v) is 7.85. The molecular formula is C6H11ClSSe2. The second-order valence-electron chi connectivity index (χ2n) is 1.40. The number of hydrogen-bond donors (Lipinski definition) is 0. The second-order valence-corrected chi connectivity index (χ2v) is 7.57. The van der Waals surface area contributed by atoms with Crippen molar-refractivity contribution in [3.63, 3.8) is 0 Å². The van der Waals surface area contributed by atoms with Gasteiger partial charge in [0.2, 0.25) is 0 Å². The Bertz CT molecular complexity index is 125. The molecule has 0 heterocycles. The summed E-state index contributed by atoms with van der Waals surface area (Å²) >= 11 is 9.00. The van der Waals surface area contributed by atoms with E-state index in [2.05, 4.69) is 18.6 Å². The quantitative estimate of drug-likeness (QED) is 0.720. The fourth-order valence-corrected chi connectivity index (χ4v) is 6.26. The number of halogens is 1. The van der Waals surface area contributed by atoms with Crippen molar-refractivity contribution in [2.24, 2.45) is 0 Å². The summed E-state index contributed by atoms with van der Waals surface area (Å²) in [5.74, 6) is 5.54. The summed E-state index contributed by atoms with van der Waals surface area (Å²) in [6.07, 6.45) is 0. The predicted octanol–water partition coefficient (Wildman–Crippen LogP) is 2.61. The molecule has 0 aliphatic rings. The standard InChI is InChI=1S/C6H11ClSSe2/c1-4-8-6(10-3)5(7)9-2/h4H2,1-3H3/b6-5+. The molecule has 0 N–H and O–H groups in total. The van der Waals surface area contributed by atoms with E-state index in [1.807, 2.05) is 11.8 Å². The fraction of sp³-hybridized carbons (Fsp3) is 0.667. The zero-order valence-electron chi connectivity index (χ0n) is 6.31. The van der Waals surface area contributed by atoms with Crippen molar-refractivity contribution in [1.82, 2.24) is 0 Å². The van der Waals surface area contributed by atoms with E-state index in [0.29, 0.717) is 29.9 Å². The molecule has 0 bridgehead atoms. The Kier molecular flexibility index (Phi) is 8.09. The van der Waals surface area contributed by atoms with Crippen LogP contribution in [0.25, 0.3) is 0 Å². The van der Waals surface area contributed by atoms with E-state index < -0.39 is 0 Å². The maximum absolute atomic E-state index is 6.01. The van der Waals surface area contributed by atoms with Gasteiger partial charge in [-0.15, -0.1) is 0 Å². The Morgan fingerprint density at radius 1 is 1.40 bits per heavy atom. The molecule has 0 aliphatic carbocycles. The zero-order valence-corrected chi connectivity index (χ0v) is 11.3. The van der Waals surface area contributed by atoms with Crippen LogP contribution in [0.1, 0.15) is 6.92 Å². The summed E-state index contributed by atoms with van der Waals surface area (Å²) in [6.45, 7) is 2.17. The SMILES string of the molecule is CCS/C([Se]C)=C(/Cl)[Se]C. The Hall–Kier alpha value is 1.42. The third kappa shape index (κ3) is 4.33. The van der Waals surface area contributed by atoms with Crippen LogP contribution in [0.4, 0.5) is 0 Å². The first-order valence-corrected chi connectivity index (χ1v) is 9.37. The normalized spacial score (nSPS) is 13.2. The first-order chi connectivity index (χ1) is 4.76. The van der Waals surface area contributed by atoms with Crippen LogP contribution in [0.5, 0.6) is 0 Å². The van der Waals surface area contributed by atoms with Crippen molar-refractivity contribution < 1.29 is 0 Å². The molecule has 0 fully saturated rings. The summed E-state index contributed by atoms with van der Waals surface area (Å²) in [5.41, 5.74) is 0. The van der Waals surface area contributed by atoms with Gasteiger partial charge in [0, 0.05) is 0 Å². The first-order valence-electron chi connectivity index (χ1n) is 2.86. The average Bonchev–Trinajstić information content (AvgIpc) is 1.99. The second kappa shape index (κ2) is 7.09. The molecule has 0 aromatic rings. The van der Waals surface area contributed by atoms with Gasteiger partial charge in [0.1, 0.15) is 0 Å². The molecule has 0 saturated heterocycles. The van der Waals surface area contributed by atoms with Crippen molar-refractivity contribution >= 4 is 53.3 Å². The number of rotatable bonds is 4. The number of hydrogen-bond acceptors (Lipinski definition) is 1. The fourth-order valence-electron chi connectivity index (χ4n) is 0.410. The molecule has 0 amide bonds. The minimum atomic E-state index is 0.497. The maximum atomic E-state index is 6.01.